The molecule has 7 aliphatic rings. The molecule has 1 fully saturated rings. The lowest BCUT2D eigenvalue weighted by atomic mass is 9.84. The normalized spacial score (nSPS) is 16.2. The van der Waals surface area contributed by atoms with E-state index in [2.05, 4.69) is 31.9 Å². The topological polar surface area (TPSA) is 388 Å². The van der Waals surface area contributed by atoms with E-state index < -0.39 is 71.6 Å². The van der Waals surface area contributed by atoms with Crippen LogP contribution in [0.15, 0.2) is 135 Å². The minimum atomic E-state index is -0.393. The first-order chi connectivity index (χ1) is 63.1. The molecule has 744 valence electrons. The maximum Gasteiger partial charge on any atom is 0.336 e. The largest absolute Gasteiger partial charge is 0.466 e. The van der Waals surface area contributed by atoms with Crippen LogP contribution in [0.2, 0.25) is 0 Å². The van der Waals surface area contributed by atoms with Crippen molar-refractivity contribution in [3.63, 3.8) is 0 Å². The van der Waals surface area contributed by atoms with Crippen molar-refractivity contribution in [1.82, 2.24) is 31.9 Å². The lowest BCUT2D eigenvalue weighted by Gasteiger charge is -2.30. The predicted octanol–water partition coefficient (Wildman–Crippen LogP) is 18.4. The van der Waals surface area contributed by atoms with Gasteiger partial charge in [-0.05, 0) is 77.0 Å². The fraction of sp³-hybridized carbons (Fsp3) is 0.647. The molecule has 1 aliphatic carbocycles. The van der Waals surface area contributed by atoms with Crippen LogP contribution in [0, 0.1) is 35.5 Å². The average molecular weight is 1860 g/mol. The molecule has 7 rings (SSSR count). The Balaban J connectivity index is 0.000000781. The summed E-state index contributed by atoms with van der Waals surface area (Å²) < 4.78 is 58.6. The van der Waals surface area contributed by atoms with Crippen molar-refractivity contribution in [3.05, 3.63) is 135 Å². The van der Waals surface area contributed by atoms with Crippen molar-refractivity contribution in [1.29, 1.82) is 0 Å². The first kappa shape index (κ1) is 119. The highest BCUT2D eigenvalue weighted by atomic mass is 16.6. The number of dihydropyridines is 6. The van der Waals surface area contributed by atoms with Gasteiger partial charge < -0.3 is 88.7 Å². The third-order valence-corrected chi connectivity index (χ3v) is 23.3. The fourth-order valence-corrected chi connectivity index (χ4v) is 17.2. The lowest BCUT2D eigenvalue weighted by Crippen LogP contribution is -2.33. The monoisotopic (exact) mass is 1860 g/mol. The third-order valence-electron chi connectivity index (χ3n) is 23.3. The van der Waals surface area contributed by atoms with Gasteiger partial charge >= 0.3 is 71.6 Å². The van der Waals surface area contributed by atoms with E-state index in [-0.39, 0.29) is 35.5 Å². The van der Waals surface area contributed by atoms with E-state index >= 15 is 0 Å². The van der Waals surface area contributed by atoms with E-state index in [4.69, 9.17) is 56.8 Å². The van der Waals surface area contributed by atoms with Gasteiger partial charge in [-0.25, -0.2) is 57.5 Å². The van der Waals surface area contributed by atoms with Crippen molar-refractivity contribution in [2.24, 2.45) is 35.5 Å². The Bertz CT molecular complexity index is 3390. The molecule has 0 aromatic rings. The summed E-state index contributed by atoms with van der Waals surface area (Å²) in [6, 6.07) is 0. The number of carbonyl (C=O) groups is 12. The zero-order chi connectivity index (χ0) is 100. The number of rotatable bonds is 36. The van der Waals surface area contributed by atoms with Gasteiger partial charge in [0.05, 0.1) is 152 Å². The molecule has 30 nitrogen and oxygen atoms in total. The Kier molecular flexibility index (Phi) is 58.1. The molecule has 132 heavy (non-hydrogen) atoms. The van der Waals surface area contributed by atoms with Gasteiger partial charge in [-0.1, -0.05) is 240 Å². The standard InChI is InChI=1S/6C16H25NO4.C6H12/c6*1-6-8-11-13(15(18)20-4)10(3)14(16(19)21-5)12(17-11)9-7-2;1-2-4-6-5-3-1/h6*10,17H,6-9H2,1-5H3;1-6H2. The highest BCUT2D eigenvalue weighted by Gasteiger charge is 2.42. The van der Waals surface area contributed by atoms with Gasteiger partial charge in [0, 0.05) is 104 Å². The van der Waals surface area contributed by atoms with Crippen molar-refractivity contribution in [3.8, 4) is 0 Å². The maximum absolute atomic E-state index is 12.1. The molecule has 6 aliphatic heterocycles. The Labute approximate surface area is 787 Å². The van der Waals surface area contributed by atoms with Gasteiger partial charge in [-0.3, -0.25) is 0 Å². The van der Waals surface area contributed by atoms with Gasteiger partial charge in [-0.2, -0.15) is 0 Å². The summed E-state index contributed by atoms with van der Waals surface area (Å²) in [7, 11) is 16.3. The molecule has 0 aromatic carbocycles. The lowest BCUT2D eigenvalue weighted by molar-refractivity contribution is -0.139. The van der Waals surface area contributed by atoms with E-state index in [0.29, 0.717) is 66.9 Å². The molecule has 0 unspecified atom stereocenters. The Morgan fingerprint density at radius 3 is 0.288 bits per heavy atom. The first-order valence-electron chi connectivity index (χ1n) is 47.5. The predicted molar refractivity (Wildman–Crippen MR) is 509 cm³/mol. The molecule has 1 saturated carbocycles. The smallest absolute Gasteiger partial charge is 0.336 e. The molecule has 0 atom stereocenters. The third kappa shape index (κ3) is 33.5. The SMILES string of the molecule is C1CCCCC1.CCCC1=C(C(=O)OC)C(C)C(C(=O)OC)=C(CCC)N1.CCCC1=C(C(=O)OC)C(C)C(C(=O)OC)=C(CCC)N1.CCCC1=C(C(=O)OC)C(C)C(C(=O)OC)=C(CCC)N1.CCCC1=C(C(=O)OC)C(C)C(C(=O)OC)=C(CCC)N1.CCCC1=C(C(=O)OC)C(C)C(C(=O)OC)=C(CCC)N1.CCCC1=C(C(=O)OC)C(C)C(C(=O)OC)=C(CCC)N1. The van der Waals surface area contributed by atoms with Crippen LogP contribution in [0.5, 0.6) is 0 Å². The van der Waals surface area contributed by atoms with Crippen molar-refractivity contribution in [2.45, 2.75) is 317 Å². The Hall–Kier alpha value is -10.7. The van der Waals surface area contributed by atoms with E-state index in [1.807, 2.05) is 125 Å². The Morgan fingerprint density at radius 2 is 0.235 bits per heavy atom. The number of hydrogen-bond donors (Lipinski definition) is 6. The van der Waals surface area contributed by atoms with Crippen LogP contribution in [0.25, 0.3) is 0 Å². The number of allylic oxidation sites excluding steroid dienone is 12. The van der Waals surface area contributed by atoms with Gasteiger partial charge in [0.2, 0.25) is 0 Å². The van der Waals surface area contributed by atoms with Crippen molar-refractivity contribution < 1.29 is 114 Å². The van der Waals surface area contributed by atoms with Crippen molar-refractivity contribution >= 4 is 71.6 Å². The van der Waals surface area contributed by atoms with Crippen LogP contribution in [0.3, 0.4) is 0 Å². The number of carbonyl (C=O) groups excluding carboxylic acids is 12. The molecule has 0 radical (unpaired) electrons. The molecule has 6 heterocycles. The maximum atomic E-state index is 12.1. The number of nitrogens with one attached hydrogen (secondary N) is 6. The van der Waals surface area contributed by atoms with Gasteiger partial charge in [0.25, 0.3) is 0 Å². The number of hydrogen-bond acceptors (Lipinski definition) is 30. The van der Waals surface area contributed by atoms with Crippen LogP contribution in [0.1, 0.15) is 317 Å². The van der Waals surface area contributed by atoms with Gasteiger partial charge in [0.15, 0.2) is 0 Å². The zero-order valence-electron chi connectivity index (χ0n) is 85.5. The molecule has 0 amide bonds. The number of methoxy groups -OCH3 is 12. The van der Waals surface area contributed by atoms with E-state index in [1.54, 1.807) is 0 Å². The van der Waals surface area contributed by atoms with Gasteiger partial charge in [-0.15, -0.1) is 0 Å². The summed E-state index contributed by atoms with van der Waals surface area (Å²) in [6.45, 7) is 35.7. The minimum Gasteiger partial charge on any atom is -0.466 e. The highest BCUT2D eigenvalue weighted by molar-refractivity contribution is 6.02. The summed E-state index contributed by atoms with van der Waals surface area (Å²) in [6.07, 6.45) is 28.8. The summed E-state index contributed by atoms with van der Waals surface area (Å²) in [5.41, 5.74) is 16.6. The molecular weight excluding hydrogens is 1690 g/mol. The molecule has 6 N–H and O–H groups in total. The average Bonchev–Trinajstić information content (AvgIpc) is 0.815. The van der Waals surface area contributed by atoms with Crippen LogP contribution in [-0.2, 0) is 114 Å². The molecule has 0 bridgehead atoms. The van der Waals surface area contributed by atoms with Gasteiger partial charge in [0.1, 0.15) is 0 Å². The van der Waals surface area contributed by atoms with Crippen LogP contribution < -0.4 is 31.9 Å². The van der Waals surface area contributed by atoms with E-state index in [9.17, 15) is 57.5 Å². The number of esters is 12. The minimum absolute atomic E-state index is 0.325. The molecule has 0 spiro atoms. The molecular formula is C102H162N6O24. The number of ether oxygens (including phenoxy) is 12. The first-order valence-corrected chi connectivity index (χ1v) is 47.5. The molecule has 0 aromatic heterocycles. The second-order valence-electron chi connectivity index (χ2n) is 32.8. The Morgan fingerprint density at radius 1 is 0.167 bits per heavy atom. The highest BCUT2D eigenvalue weighted by Crippen LogP contribution is 2.41. The fourth-order valence-electron chi connectivity index (χ4n) is 17.2. The second kappa shape index (κ2) is 64.2. The van der Waals surface area contributed by atoms with Crippen LogP contribution >= 0.6 is 0 Å². The quantitative estimate of drug-likeness (QED) is 0.0251. The summed E-state index contributed by atoms with van der Waals surface area (Å²) in [5.74, 6) is -6.67. The summed E-state index contributed by atoms with van der Waals surface area (Å²) >= 11 is 0. The zero-order valence-corrected chi connectivity index (χ0v) is 85.5. The van der Waals surface area contributed by atoms with E-state index in [0.717, 1.165) is 222 Å². The van der Waals surface area contributed by atoms with E-state index in [1.165, 1.54) is 124 Å². The summed E-state index contributed by atoms with van der Waals surface area (Å²) in [4.78, 5) is 145. The molecule has 0 saturated heterocycles. The molecule has 30 heteroatoms. The van der Waals surface area contributed by atoms with Crippen LogP contribution in [-0.4, -0.2) is 157 Å². The van der Waals surface area contributed by atoms with Crippen molar-refractivity contribution in [2.75, 3.05) is 85.3 Å². The summed E-state index contributed by atoms with van der Waals surface area (Å²) in [5, 5.41) is 19.6. The van der Waals surface area contributed by atoms with Crippen LogP contribution in [0.4, 0.5) is 0 Å². The second-order valence-corrected chi connectivity index (χ2v) is 32.8.